The van der Waals surface area contributed by atoms with Crippen molar-refractivity contribution in [3.05, 3.63) is 52.6 Å². The van der Waals surface area contributed by atoms with Gasteiger partial charge in [0.05, 0.1) is 6.10 Å². The van der Waals surface area contributed by atoms with Gasteiger partial charge in [0, 0.05) is 5.41 Å². The summed E-state index contributed by atoms with van der Waals surface area (Å²) in [6, 6.07) is 8.52. The Morgan fingerprint density at radius 1 is 1.00 bits per heavy atom. The second-order valence-corrected chi connectivity index (χ2v) is 10.7. The molecule has 0 radical (unpaired) electrons. The molecule has 0 aromatic heterocycles. The Morgan fingerprint density at radius 3 is 2.48 bits per heavy atom. The van der Waals surface area contributed by atoms with E-state index in [0.717, 1.165) is 56.1 Å². The fourth-order valence-corrected chi connectivity index (χ4v) is 7.31. The Labute approximate surface area is 175 Å². The first-order valence-electron chi connectivity index (χ1n) is 11.5. The Kier molecular flexibility index (Phi) is 4.44. The van der Waals surface area contributed by atoms with Crippen molar-refractivity contribution >= 4 is 11.9 Å². The number of hydrogen-bond donors (Lipinski definition) is 1. The van der Waals surface area contributed by atoms with E-state index >= 15 is 0 Å². The molecule has 4 aliphatic rings. The zero-order valence-corrected chi connectivity index (χ0v) is 18.1. The fourth-order valence-electron chi connectivity index (χ4n) is 7.31. The predicted octanol–water partition coefficient (Wildman–Crippen LogP) is 5.88. The quantitative estimate of drug-likeness (QED) is 0.480. The molecule has 4 aliphatic carbocycles. The highest BCUT2D eigenvalue weighted by Gasteiger charge is 2.59. The highest BCUT2D eigenvalue weighted by atomic mass is 16.3. The van der Waals surface area contributed by atoms with Gasteiger partial charge in [0.1, 0.15) is 0 Å². The van der Waals surface area contributed by atoms with Crippen LogP contribution in [0.5, 0.6) is 0 Å². The SMILES string of the molecule is Cc1ccc(/C=C2/C[C@H]3[C@@H]4CC=C5C[C@@H](O)CC[C@]5(C)[C@H]4CC[C@]3(C)C2=O)cc1. The number of allylic oxidation sites excluding steroid dienone is 2. The predicted molar refractivity (Wildman–Crippen MR) is 117 cm³/mol. The van der Waals surface area contributed by atoms with Gasteiger partial charge in [-0.25, -0.2) is 0 Å². The molecule has 2 heteroatoms. The van der Waals surface area contributed by atoms with Crippen molar-refractivity contribution in [3.63, 3.8) is 0 Å². The van der Waals surface area contributed by atoms with Crippen LogP contribution in [0.2, 0.25) is 0 Å². The molecular formula is C27H34O2. The van der Waals surface area contributed by atoms with Crippen LogP contribution in [0.15, 0.2) is 41.5 Å². The molecule has 1 aromatic carbocycles. The molecule has 5 rings (SSSR count). The Hall–Kier alpha value is -1.67. The molecule has 0 bridgehead atoms. The number of rotatable bonds is 1. The topological polar surface area (TPSA) is 37.3 Å². The highest BCUT2D eigenvalue weighted by Crippen LogP contribution is 2.64. The summed E-state index contributed by atoms with van der Waals surface area (Å²) in [6.07, 6.45) is 11.5. The fraction of sp³-hybridized carbons (Fsp3) is 0.593. The lowest BCUT2D eigenvalue weighted by Gasteiger charge is -2.56. The molecule has 0 amide bonds. The summed E-state index contributed by atoms with van der Waals surface area (Å²) in [6.45, 7) is 6.80. The monoisotopic (exact) mass is 390 g/mol. The summed E-state index contributed by atoms with van der Waals surface area (Å²) >= 11 is 0. The standard InChI is InChI=1S/C27H34O2/c1-17-4-6-18(7-5-17)14-19-15-24-22-9-8-20-16-21(28)10-12-26(20,2)23(22)11-13-27(24,3)25(19)29/h4-8,14,21-24,28H,9-13,15-16H2,1-3H3/b19-14-/t21-,22+,23-,24-,26-,27-/m0/s1. The maximum absolute atomic E-state index is 13.5. The Morgan fingerprint density at radius 2 is 1.72 bits per heavy atom. The van der Waals surface area contributed by atoms with Gasteiger partial charge in [-0.15, -0.1) is 0 Å². The third-order valence-corrected chi connectivity index (χ3v) is 9.14. The molecule has 0 heterocycles. The van der Waals surface area contributed by atoms with Crippen molar-refractivity contribution < 1.29 is 9.90 Å². The number of fused-ring (bicyclic) bond motifs is 5. The van der Waals surface area contributed by atoms with Crippen LogP contribution in [0, 0.1) is 35.5 Å². The van der Waals surface area contributed by atoms with Crippen LogP contribution in [-0.2, 0) is 4.79 Å². The third kappa shape index (κ3) is 2.90. The minimum atomic E-state index is -0.187. The van der Waals surface area contributed by atoms with E-state index in [0.29, 0.717) is 23.5 Å². The van der Waals surface area contributed by atoms with E-state index in [-0.39, 0.29) is 16.9 Å². The minimum absolute atomic E-state index is 0.156. The molecule has 6 atom stereocenters. The summed E-state index contributed by atoms with van der Waals surface area (Å²) < 4.78 is 0. The maximum Gasteiger partial charge on any atom is 0.165 e. The first kappa shape index (κ1) is 19.3. The van der Waals surface area contributed by atoms with Crippen molar-refractivity contribution in [2.24, 2.45) is 28.6 Å². The second kappa shape index (κ2) is 6.67. The van der Waals surface area contributed by atoms with Crippen LogP contribution in [0.3, 0.4) is 0 Å². The van der Waals surface area contributed by atoms with Gasteiger partial charge in [-0.1, -0.05) is 55.3 Å². The van der Waals surface area contributed by atoms with Crippen LogP contribution in [-0.4, -0.2) is 17.0 Å². The van der Waals surface area contributed by atoms with E-state index in [4.69, 9.17) is 0 Å². The van der Waals surface area contributed by atoms with E-state index in [9.17, 15) is 9.90 Å². The van der Waals surface area contributed by atoms with Crippen molar-refractivity contribution in [1.82, 2.24) is 0 Å². The van der Waals surface area contributed by atoms with Crippen molar-refractivity contribution in [2.75, 3.05) is 0 Å². The highest BCUT2D eigenvalue weighted by molar-refractivity contribution is 6.05. The lowest BCUT2D eigenvalue weighted by molar-refractivity contribution is -0.130. The lowest BCUT2D eigenvalue weighted by atomic mass is 9.48. The zero-order valence-electron chi connectivity index (χ0n) is 18.1. The van der Waals surface area contributed by atoms with Crippen LogP contribution < -0.4 is 0 Å². The van der Waals surface area contributed by atoms with E-state index < -0.39 is 0 Å². The Balaban J connectivity index is 1.47. The summed E-state index contributed by atoms with van der Waals surface area (Å²) in [5.41, 5.74) is 4.99. The van der Waals surface area contributed by atoms with Gasteiger partial charge >= 0.3 is 0 Å². The van der Waals surface area contributed by atoms with Crippen molar-refractivity contribution in [1.29, 1.82) is 0 Å². The van der Waals surface area contributed by atoms with Crippen LogP contribution in [0.25, 0.3) is 6.08 Å². The van der Waals surface area contributed by atoms with Crippen LogP contribution in [0.4, 0.5) is 0 Å². The first-order chi connectivity index (χ1) is 13.8. The number of Topliss-reactive ketones (excluding diaryl/α,β-unsaturated/α-hetero) is 1. The largest absolute Gasteiger partial charge is 0.393 e. The van der Waals surface area contributed by atoms with Gasteiger partial charge in [-0.3, -0.25) is 4.79 Å². The van der Waals surface area contributed by atoms with Crippen LogP contribution in [0.1, 0.15) is 69.9 Å². The zero-order chi connectivity index (χ0) is 20.4. The molecule has 3 fully saturated rings. The molecular weight excluding hydrogens is 356 g/mol. The summed E-state index contributed by atoms with van der Waals surface area (Å²) in [4.78, 5) is 13.5. The van der Waals surface area contributed by atoms with E-state index in [1.54, 1.807) is 0 Å². The molecule has 0 unspecified atom stereocenters. The molecule has 1 N–H and O–H groups in total. The number of benzene rings is 1. The molecule has 2 nitrogen and oxygen atoms in total. The molecule has 29 heavy (non-hydrogen) atoms. The van der Waals surface area contributed by atoms with Crippen molar-refractivity contribution in [3.8, 4) is 0 Å². The normalized spacial score (nSPS) is 42.8. The molecule has 3 saturated carbocycles. The van der Waals surface area contributed by atoms with Gasteiger partial charge in [-0.2, -0.15) is 0 Å². The summed E-state index contributed by atoms with van der Waals surface area (Å²) in [5, 5.41) is 10.2. The van der Waals surface area contributed by atoms with Gasteiger partial charge in [0.2, 0.25) is 0 Å². The lowest BCUT2D eigenvalue weighted by Crippen LogP contribution is -2.50. The average molecular weight is 391 g/mol. The second-order valence-electron chi connectivity index (χ2n) is 10.7. The third-order valence-electron chi connectivity index (χ3n) is 9.14. The average Bonchev–Trinajstić information content (AvgIpc) is 2.95. The number of aliphatic hydroxyl groups is 1. The number of carbonyl (C=O) groups is 1. The number of aryl methyl sites for hydroxylation is 1. The van der Waals surface area contributed by atoms with E-state index in [1.165, 1.54) is 11.1 Å². The summed E-state index contributed by atoms with van der Waals surface area (Å²) in [7, 11) is 0. The maximum atomic E-state index is 13.5. The van der Waals surface area contributed by atoms with Crippen molar-refractivity contribution in [2.45, 2.75) is 71.8 Å². The number of hydrogen-bond acceptors (Lipinski definition) is 2. The van der Waals surface area contributed by atoms with Gasteiger partial charge in [-0.05, 0) is 92.3 Å². The van der Waals surface area contributed by atoms with E-state index in [2.05, 4.69) is 57.2 Å². The minimum Gasteiger partial charge on any atom is -0.393 e. The summed E-state index contributed by atoms with van der Waals surface area (Å²) in [5.74, 6) is 2.14. The number of aliphatic hydroxyl groups excluding tert-OH is 1. The van der Waals surface area contributed by atoms with Gasteiger partial charge in [0.25, 0.3) is 0 Å². The van der Waals surface area contributed by atoms with Gasteiger partial charge in [0.15, 0.2) is 5.78 Å². The molecule has 1 aromatic rings. The Bertz CT molecular complexity index is 892. The smallest absolute Gasteiger partial charge is 0.165 e. The van der Waals surface area contributed by atoms with E-state index in [1.807, 2.05) is 0 Å². The molecule has 0 spiro atoms. The number of ketones is 1. The molecule has 154 valence electrons. The van der Waals surface area contributed by atoms with Crippen LogP contribution >= 0.6 is 0 Å². The van der Waals surface area contributed by atoms with Gasteiger partial charge < -0.3 is 5.11 Å². The molecule has 0 saturated heterocycles. The molecule has 0 aliphatic heterocycles. The first-order valence-corrected chi connectivity index (χ1v) is 11.5. The number of carbonyl (C=O) groups excluding carboxylic acids is 1.